The van der Waals surface area contributed by atoms with Gasteiger partial charge >= 0.3 is 0 Å². The van der Waals surface area contributed by atoms with E-state index >= 15 is 0 Å². The first-order chi connectivity index (χ1) is 8.36. The van der Waals surface area contributed by atoms with Crippen LogP contribution in [0.15, 0.2) is 12.7 Å². The number of hydrogen-bond acceptors (Lipinski definition) is 3. The summed E-state index contributed by atoms with van der Waals surface area (Å²) in [5.74, 6) is 0. The molecule has 0 aromatic carbocycles. The molecule has 2 atom stereocenters. The minimum absolute atomic E-state index is 0.392. The van der Waals surface area contributed by atoms with E-state index in [1.807, 2.05) is 6.08 Å². The summed E-state index contributed by atoms with van der Waals surface area (Å²) in [4.78, 5) is 0. The molecule has 100 valence electrons. The smallest absolute Gasteiger partial charge is 0.104 e. The van der Waals surface area contributed by atoms with E-state index in [-0.39, 0.29) is 0 Å². The number of epoxide rings is 2. The minimum Gasteiger partial charge on any atom is -0.376 e. The fraction of sp³-hybridized carbons (Fsp3) is 0.857. The van der Waals surface area contributed by atoms with E-state index in [2.05, 4.69) is 13.5 Å². The normalized spacial score (nSPS) is 24.8. The highest BCUT2D eigenvalue weighted by atomic mass is 16.6. The first-order valence-corrected chi connectivity index (χ1v) is 6.78. The van der Waals surface area contributed by atoms with Crippen LogP contribution in [-0.4, -0.2) is 38.6 Å². The van der Waals surface area contributed by atoms with Crippen molar-refractivity contribution in [2.75, 3.05) is 26.4 Å². The zero-order valence-electron chi connectivity index (χ0n) is 11.0. The van der Waals surface area contributed by atoms with E-state index in [1.54, 1.807) is 0 Å². The second-order valence-electron chi connectivity index (χ2n) is 4.59. The maximum Gasteiger partial charge on any atom is 0.104 e. The summed E-state index contributed by atoms with van der Waals surface area (Å²) in [6.45, 7) is 9.15. The fourth-order valence-electron chi connectivity index (χ4n) is 1.37. The average molecular weight is 242 g/mol. The minimum atomic E-state index is 0.392. The molecule has 0 N–H and O–H groups in total. The highest BCUT2D eigenvalue weighted by Crippen LogP contribution is 2.12. The van der Waals surface area contributed by atoms with Crippen molar-refractivity contribution in [2.45, 2.75) is 51.2 Å². The lowest BCUT2D eigenvalue weighted by molar-refractivity contribution is 0.102. The first kappa shape index (κ1) is 14.7. The van der Waals surface area contributed by atoms with Crippen molar-refractivity contribution < 1.29 is 14.2 Å². The molecule has 3 heteroatoms. The third kappa shape index (κ3) is 10.5. The molecule has 0 aromatic rings. The summed E-state index contributed by atoms with van der Waals surface area (Å²) < 4.78 is 15.1. The number of ether oxygens (including phenoxy) is 3. The van der Waals surface area contributed by atoms with Gasteiger partial charge in [-0.2, -0.15) is 0 Å². The fourth-order valence-corrected chi connectivity index (χ4v) is 1.37. The number of rotatable bonds is 9. The molecule has 0 aliphatic carbocycles. The van der Waals surface area contributed by atoms with Gasteiger partial charge in [0.1, 0.15) is 12.2 Å². The van der Waals surface area contributed by atoms with Crippen molar-refractivity contribution >= 4 is 0 Å². The predicted octanol–water partition coefficient (Wildman–Crippen LogP) is 2.94. The van der Waals surface area contributed by atoms with Crippen LogP contribution in [0.5, 0.6) is 0 Å². The van der Waals surface area contributed by atoms with Gasteiger partial charge in [-0.25, -0.2) is 0 Å². The molecule has 2 heterocycles. The van der Waals surface area contributed by atoms with E-state index in [9.17, 15) is 0 Å². The maximum atomic E-state index is 5.23. The van der Waals surface area contributed by atoms with Gasteiger partial charge in [-0.05, 0) is 12.8 Å². The van der Waals surface area contributed by atoms with Crippen LogP contribution >= 0.6 is 0 Å². The average Bonchev–Trinajstić information content (AvgIpc) is 3.19. The Balaban J connectivity index is 0.000000172. The van der Waals surface area contributed by atoms with Gasteiger partial charge in [-0.1, -0.05) is 32.3 Å². The number of hydrogen-bond donors (Lipinski definition) is 0. The largest absolute Gasteiger partial charge is 0.376 e. The van der Waals surface area contributed by atoms with Crippen LogP contribution in [0.3, 0.4) is 0 Å². The molecule has 2 rings (SSSR count). The Labute approximate surface area is 105 Å². The van der Waals surface area contributed by atoms with Gasteiger partial charge in [0.15, 0.2) is 0 Å². The molecule has 0 spiro atoms. The summed E-state index contributed by atoms with van der Waals surface area (Å²) in [5.41, 5.74) is 0. The molecular formula is C14H26O3. The van der Waals surface area contributed by atoms with E-state index in [4.69, 9.17) is 14.2 Å². The maximum absolute atomic E-state index is 5.23. The number of unbranched alkanes of at least 4 members (excludes halogenated alkanes) is 4. The van der Waals surface area contributed by atoms with Crippen molar-refractivity contribution in [3.05, 3.63) is 12.7 Å². The number of allylic oxidation sites excluding steroid dienone is 1. The predicted molar refractivity (Wildman–Crippen MR) is 69.3 cm³/mol. The van der Waals surface area contributed by atoms with E-state index < -0.39 is 0 Å². The zero-order valence-corrected chi connectivity index (χ0v) is 11.0. The molecule has 0 aromatic heterocycles. The Morgan fingerprint density at radius 1 is 1.12 bits per heavy atom. The molecule has 0 saturated carbocycles. The quantitative estimate of drug-likeness (QED) is 0.354. The van der Waals surface area contributed by atoms with Crippen molar-refractivity contribution in [1.82, 2.24) is 0 Å². The molecule has 2 aliphatic rings. The molecule has 2 aliphatic heterocycles. The third-order valence-electron chi connectivity index (χ3n) is 2.67. The van der Waals surface area contributed by atoms with E-state index in [0.29, 0.717) is 12.2 Å². The standard InChI is InChI=1S/C8H16.C6H10O3/c1-3-5-7-8-6-4-2;1(5-3-8-5)7-2-6-4-9-6/h3H,1,4-8H2,2H3;5-6H,1-4H2. The van der Waals surface area contributed by atoms with Crippen LogP contribution in [0.25, 0.3) is 0 Å². The summed E-state index contributed by atoms with van der Waals surface area (Å²) >= 11 is 0. The Morgan fingerprint density at radius 2 is 1.71 bits per heavy atom. The molecule has 17 heavy (non-hydrogen) atoms. The summed E-state index contributed by atoms with van der Waals surface area (Å²) in [7, 11) is 0. The summed E-state index contributed by atoms with van der Waals surface area (Å²) in [6.07, 6.45) is 9.40. The van der Waals surface area contributed by atoms with Gasteiger partial charge in [0.05, 0.1) is 26.4 Å². The van der Waals surface area contributed by atoms with E-state index in [1.165, 1.54) is 32.1 Å². The topological polar surface area (TPSA) is 34.3 Å². The molecule has 0 bridgehead atoms. The van der Waals surface area contributed by atoms with Crippen molar-refractivity contribution in [3.8, 4) is 0 Å². The lowest BCUT2D eigenvalue weighted by atomic mass is 10.2. The molecular weight excluding hydrogens is 216 g/mol. The van der Waals surface area contributed by atoms with Crippen LogP contribution in [0.1, 0.15) is 39.0 Å². The van der Waals surface area contributed by atoms with Crippen molar-refractivity contribution in [1.29, 1.82) is 0 Å². The Morgan fingerprint density at radius 3 is 2.12 bits per heavy atom. The third-order valence-corrected chi connectivity index (χ3v) is 2.67. The SMILES string of the molecule is C(OCC1CO1)C1CO1.C=CCCCCCC. The van der Waals surface area contributed by atoms with Gasteiger partial charge in [0.25, 0.3) is 0 Å². The van der Waals surface area contributed by atoms with Gasteiger partial charge in [-0.15, -0.1) is 6.58 Å². The van der Waals surface area contributed by atoms with Crippen LogP contribution in [-0.2, 0) is 14.2 Å². The van der Waals surface area contributed by atoms with Crippen LogP contribution < -0.4 is 0 Å². The lowest BCUT2D eigenvalue weighted by Gasteiger charge is -1.95. The highest BCUT2D eigenvalue weighted by molar-refractivity contribution is 4.71. The van der Waals surface area contributed by atoms with Gasteiger partial charge < -0.3 is 14.2 Å². The summed E-state index contributed by atoms with van der Waals surface area (Å²) in [5, 5.41) is 0. The molecule has 0 radical (unpaired) electrons. The molecule has 0 amide bonds. The molecule has 2 unspecified atom stereocenters. The van der Waals surface area contributed by atoms with Crippen LogP contribution in [0.4, 0.5) is 0 Å². The lowest BCUT2D eigenvalue weighted by Crippen LogP contribution is -2.06. The Kier molecular flexibility index (Phi) is 8.32. The van der Waals surface area contributed by atoms with Crippen LogP contribution in [0, 0.1) is 0 Å². The summed E-state index contributed by atoms with van der Waals surface area (Å²) in [6, 6.07) is 0. The monoisotopic (exact) mass is 242 g/mol. The van der Waals surface area contributed by atoms with Crippen LogP contribution in [0.2, 0.25) is 0 Å². The van der Waals surface area contributed by atoms with Gasteiger partial charge in [-0.3, -0.25) is 0 Å². The molecule has 3 nitrogen and oxygen atoms in total. The van der Waals surface area contributed by atoms with E-state index in [0.717, 1.165) is 26.4 Å². The highest BCUT2D eigenvalue weighted by Gasteiger charge is 2.26. The van der Waals surface area contributed by atoms with Gasteiger partial charge in [0, 0.05) is 0 Å². The Bertz CT molecular complexity index is 174. The second kappa shape index (κ2) is 9.63. The van der Waals surface area contributed by atoms with Gasteiger partial charge in [0.2, 0.25) is 0 Å². The van der Waals surface area contributed by atoms with Crippen molar-refractivity contribution in [2.24, 2.45) is 0 Å². The Hall–Kier alpha value is -0.380. The second-order valence-corrected chi connectivity index (χ2v) is 4.59. The molecule has 2 saturated heterocycles. The molecule has 2 fully saturated rings. The first-order valence-electron chi connectivity index (χ1n) is 6.78. The zero-order chi connectivity index (χ0) is 12.3. The van der Waals surface area contributed by atoms with Crippen molar-refractivity contribution in [3.63, 3.8) is 0 Å².